The first kappa shape index (κ1) is 15.3. The number of oxime groups is 1. The van der Waals surface area contributed by atoms with Crippen molar-refractivity contribution in [2.45, 2.75) is 32.9 Å². The van der Waals surface area contributed by atoms with Gasteiger partial charge in [0, 0.05) is 31.1 Å². The Hall–Kier alpha value is -1.75. The smallest absolute Gasteiger partial charge is 0.140 e. The summed E-state index contributed by atoms with van der Waals surface area (Å²) in [6.07, 6.45) is 0.545. The highest BCUT2D eigenvalue weighted by Gasteiger charge is 2.13. The van der Waals surface area contributed by atoms with Gasteiger partial charge in [-0.05, 0) is 19.9 Å². The molecule has 19 heavy (non-hydrogen) atoms. The number of nitrogens with zero attached hydrogens (tertiary/aromatic N) is 2. The summed E-state index contributed by atoms with van der Waals surface area (Å²) in [5.41, 5.74) is 6.66. The fraction of sp³-hybridized carbons (Fsp3) is 0.500. The first-order valence-corrected chi connectivity index (χ1v) is 6.40. The van der Waals surface area contributed by atoms with Crippen molar-refractivity contribution in [1.82, 2.24) is 4.90 Å². The van der Waals surface area contributed by atoms with Crippen LogP contribution >= 0.6 is 0 Å². The Morgan fingerprint density at radius 3 is 2.68 bits per heavy atom. The van der Waals surface area contributed by atoms with E-state index < -0.39 is 0 Å². The Kier molecular flexibility index (Phi) is 6.15. The molecule has 3 N–H and O–H groups in total. The molecule has 1 aromatic rings. The van der Waals surface area contributed by atoms with E-state index in [9.17, 15) is 0 Å². The summed E-state index contributed by atoms with van der Waals surface area (Å²) in [5, 5.41) is 11.6. The van der Waals surface area contributed by atoms with Gasteiger partial charge in [0.15, 0.2) is 0 Å². The van der Waals surface area contributed by atoms with E-state index in [0.29, 0.717) is 12.5 Å². The van der Waals surface area contributed by atoms with E-state index in [-0.39, 0.29) is 5.84 Å². The Labute approximate surface area is 114 Å². The molecule has 0 amide bonds. The molecule has 0 aliphatic carbocycles. The van der Waals surface area contributed by atoms with Gasteiger partial charge in [0.05, 0.1) is 7.11 Å². The molecule has 0 radical (unpaired) electrons. The molecule has 0 saturated carbocycles. The maximum Gasteiger partial charge on any atom is 0.140 e. The first-order valence-electron chi connectivity index (χ1n) is 6.40. The highest BCUT2D eigenvalue weighted by molar-refractivity contribution is 5.79. The Morgan fingerprint density at radius 1 is 1.42 bits per heavy atom. The summed E-state index contributed by atoms with van der Waals surface area (Å²) in [6, 6.07) is 8.34. The van der Waals surface area contributed by atoms with E-state index in [4.69, 9.17) is 15.7 Å². The third kappa shape index (κ3) is 4.79. The maximum atomic E-state index is 8.58. The van der Waals surface area contributed by atoms with Crippen LogP contribution in [0.5, 0.6) is 5.75 Å². The molecule has 106 valence electrons. The van der Waals surface area contributed by atoms with Crippen LogP contribution < -0.4 is 10.5 Å². The number of para-hydroxylation sites is 1. The quantitative estimate of drug-likeness (QED) is 0.342. The molecule has 0 atom stereocenters. The largest absolute Gasteiger partial charge is 0.496 e. The minimum atomic E-state index is 0.255. The Bertz CT molecular complexity index is 419. The molecule has 0 aliphatic rings. The summed E-state index contributed by atoms with van der Waals surface area (Å²) in [4.78, 5) is 2.26. The zero-order valence-corrected chi connectivity index (χ0v) is 11.8. The number of rotatable bonds is 7. The van der Waals surface area contributed by atoms with Gasteiger partial charge in [0.1, 0.15) is 11.6 Å². The van der Waals surface area contributed by atoms with Gasteiger partial charge < -0.3 is 15.7 Å². The molecule has 5 heteroatoms. The van der Waals surface area contributed by atoms with E-state index in [0.717, 1.165) is 24.4 Å². The second-order valence-corrected chi connectivity index (χ2v) is 4.72. The average molecular weight is 265 g/mol. The van der Waals surface area contributed by atoms with Gasteiger partial charge in [-0.2, -0.15) is 0 Å². The SMILES string of the molecule is COc1ccccc1CN(CCC(N)=NO)C(C)C. The number of amidine groups is 1. The van der Waals surface area contributed by atoms with Crippen LogP contribution in [0.3, 0.4) is 0 Å². The molecule has 0 spiro atoms. The van der Waals surface area contributed by atoms with Crippen LogP contribution in [0.4, 0.5) is 0 Å². The van der Waals surface area contributed by atoms with Gasteiger partial charge in [0.25, 0.3) is 0 Å². The summed E-state index contributed by atoms with van der Waals surface area (Å²) >= 11 is 0. The lowest BCUT2D eigenvalue weighted by Gasteiger charge is -2.27. The van der Waals surface area contributed by atoms with E-state index in [1.165, 1.54) is 0 Å². The van der Waals surface area contributed by atoms with Crippen LogP contribution in [0.2, 0.25) is 0 Å². The standard InChI is InChI=1S/C14H23N3O2/c1-11(2)17(9-8-14(15)16-18)10-12-6-4-5-7-13(12)19-3/h4-7,11,18H,8-10H2,1-3H3,(H2,15,16). The van der Waals surface area contributed by atoms with Crippen molar-refractivity contribution in [2.75, 3.05) is 13.7 Å². The van der Waals surface area contributed by atoms with Crippen LogP contribution in [-0.4, -0.2) is 35.6 Å². The molecule has 0 bridgehead atoms. The van der Waals surface area contributed by atoms with Crippen LogP contribution in [0.1, 0.15) is 25.8 Å². The molecule has 5 nitrogen and oxygen atoms in total. The van der Waals surface area contributed by atoms with Crippen molar-refractivity contribution >= 4 is 5.84 Å². The molecule has 0 aromatic heterocycles. The lowest BCUT2D eigenvalue weighted by Crippen LogP contribution is -2.33. The predicted molar refractivity (Wildman–Crippen MR) is 76.6 cm³/mol. The average Bonchev–Trinajstić information content (AvgIpc) is 2.42. The fourth-order valence-electron chi connectivity index (χ4n) is 1.88. The van der Waals surface area contributed by atoms with Crippen molar-refractivity contribution in [3.05, 3.63) is 29.8 Å². The van der Waals surface area contributed by atoms with Gasteiger partial charge in [-0.3, -0.25) is 4.90 Å². The number of methoxy groups -OCH3 is 1. The number of hydrogen-bond acceptors (Lipinski definition) is 4. The molecule has 0 heterocycles. The third-order valence-electron chi connectivity index (χ3n) is 3.08. The first-order chi connectivity index (χ1) is 9.08. The highest BCUT2D eigenvalue weighted by Crippen LogP contribution is 2.20. The van der Waals surface area contributed by atoms with Crippen LogP contribution in [0.15, 0.2) is 29.4 Å². The van der Waals surface area contributed by atoms with Gasteiger partial charge >= 0.3 is 0 Å². The van der Waals surface area contributed by atoms with Crippen molar-refractivity contribution in [3.63, 3.8) is 0 Å². The van der Waals surface area contributed by atoms with Crippen LogP contribution in [0, 0.1) is 0 Å². The second kappa shape index (κ2) is 7.63. The number of hydrogen-bond donors (Lipinski definition) is 2. The minimum Gasteiger partial charge on any atom is -0.496 e. The molecular formula is C14H23N3O2. The predicted octanol–water partition coefficient (Wildman–Crippen LogP) is 2.04. The highest BCUT2D eigenvalue weighted by atomic mass is 16.5. The summed E-state index contributed by atoms with van der Waals surface area (Å²) in [7, 11) is 1.68. The van der Waals surface area contributed by atoms with Crippen molar-refractivity contribution in [1.29, 1.82) is 0 Å². The zero-order chi connectivity index (χ0) is 14.3. The molecule has 0 aliphatic heterocycles. The molecule has 0 saturated heterocycles. The maximum absolute atomic E-state index is 8.58. The minimum absolute atomic E-state index is 0.255. The van der Waals surface area contributed by atoms with E-state index in [1.807, 2.05) is 18.2 Å². The van der Waals surface area contributed by atoms with E-state index in [2.05, 4.69) is 30.0 Å². The molecular weight excluding hydrogens is 242 g/mol. The molecule has 0 unspecified atom stereocenters. The van der Waals surface area contributed by atoms with Gasteiger partial charge in [-0.1, -0.05) is 23.4 Å². The summed E-state index contributed by atoms with van der Waals surface area (Å²) < 4.78 is 5.36. The fourth-order valence-corrected chi connectivity index (χ4v) is 1.88. The zero-order valence-electron chi connectivity index (χ0n) is 11.8. The van der Waals surface area contributed by atoms with Gasteiger partial charge in [0.2, 0.25) is 0 Å². The molecule has 1 rings (SSSR count). The summed E-state index contributed by atoms with van der Waals surface area (Å²) in [6.45, 7) is 5.77. The molecule has 1 aromatic carbocycles. The van der Waals surface area contributed by atoms with Crippen molar-refractivity contribution < 1.29 is 9.94 Å². The van der Waals surface area contributed by atoms with Gasteiger partial charge in [-0.25, -0.2) is 0 Å². The van der Waals surface area contributed by atoms with Crippen LogP contribution in [-0.2, 0) is 6.54 Å². The lowest BCUT2D eigenvalue weighted by atomic mass is 10.1. The number of benzene rings is 1. The number of ether oxygens (including phenoxy) is 1. The Morgan fingerprint density at radius 2 is 2.11 bits per heavy atom. The van der Waals surface area contributed by atoms with E-state index >= 15 is 0 Å². The van der Waals surface area contributed by atoms with Gasteiger partial charge in [-0.15, -0.1) is 0 Å². The topological polar surface area (TPSA) is 71.1 Å². The Balaban J connectivity index is 2.72. The van der Waals surface area contributed by atoms with Crippen molar-refractivity contribution in [2.24, 2.45) is 10.9 Å². The second-order valence-electron chi connectivity index (χ2n) is 4.72. The monoisotopic (exact) mass is 265 g/mol. The lowest BCUT2D eigenvalue weighted by molar-refractivity contribution is 0.215. The van der Waals surface area contributed by atoms with E-state index in [1.54, 1.807) is 7.11 Å². The summed E-state index contributed by atoms with van der Waals surface area (Å²) in [5.74, 6) is 1.14. The van der Waals surface area contributed by atoms with Crippen molar-refractivity contribution in [3.8, 4) is 5.75 Å². The third-order valence-corrected chi connectivity index (χ3v) is 3.08. The van der Waals surface area contributed by atoms with Crippen LogP contribution in [0.25, 0.3) is 0 Å². The molecule has 0 fully saturated rings. The number of nitrogens with two attached hydrogens (primary N) is 1. The normalized spacial score (nSPS) is 12.2.